The predicted molar refractivity (Wildman–Crippen MR) is 98.2 cm³/mol. The standard InChI is InChI=1S/C19H16N4O3/c20-13-14-7-8-16(17(12-14)23(24)25)21-10-3-11-26-18-6-1-4-15-5-2-9-22-19(15)18/h1-2,4-9,12,21H,3,10-11H2. The van der Waals surface area contributed by atoms with Crippen molar-refractivity contribution >= 4 is 22.3 Å². The average Bonchev–Trinajstić information content (AvgIpc) is 2.67. The summed E-state index contributed by atoms with van der Waals surface area (Å²) in [4.78, 5) is 14.9. The molecule has 0 fully saturated rings. The number of aromatic nitrogens is 1. The van der Waals surface area contributed by atoms with Gasteiger partial charge in [0.2, 0.25) is 0 Å². The van der Waals surface area contributed by atoms with E-state index in [0.29, 0.717) is 31.0 Å². The average molecular weight is 348 g/mol. The molecule has 0 unspecified atom stereocenters. The molecule has 1 N–H and O–H groups in total. The molecule has 1 heterocycles. The summed E-state index contributed by atoms with van der Waals surface area (Å²) < 4.78 is 5.79. The van der Waals surface area contributed by atoms with Gasteiger partial charge in [0.1, 0.15) is 17.0 Å². The van der Waals surface area contributed by atoms with Gasteiger partial charge in [-0.2, -0.15) is 5.26 Å². The molecule has 2 aromatic carbocycles. The van der Waals surface area contributed by atoms with Gasteiger partial charge in [-0.15, -0.1) is 0 Å². The molecule has 3 aromatic rings. The van der Waals surface area contributed by atoms with Gasteiger partial charge in [-0.1, -0.05) is 18.2 Å². The Labute approximate surface area is 150 Å². The van der Waals surface area contributed by atoms with Crippen molar-refractivity contribution in [3.05, 3.63) is 70.4 Å². The second-order valence-electron chi connectivity index (χ2n) is 5.56. The molecule has 0 saturated heterocycles. The summed E-state index contributed by atoms with van der Waals surface area (Å²) in [5.74, 6) is 0.715. The molecule has 130 valence electrons. The fourth-order valence-electron chi connectivity index (χ4n) is 2.57. The van der Waals surface area contributed by atoms with Crippen LogP contribution in [0.15, 0.2) is 54.7 Å². The maximum atomic E-state index is 11.1. The lowest BCUT2D eigenvalue weighted by atomic mass is 10.2. The van der Waals surface area contributed by atoms with Gasteiger partial charge in [-0.05, 0) is 30.7 Å². The Bertz CT molecular complexity index is 977. The van der Waals surface area contributed by atoms with Crippen molar-refractivity contribution in [3.8, 4) is 11.8 Å². The zero-order valence-electron chi connectivity index (χ0n) is 13.9. The highest BCUT2D eigenvalue weighted by atomic mass is 16.6. The van der Waals surface area contributed by atoms with Crippen LogP contribution in [0.3, 0.4) is 0 Å². The zero-order chi connectivity index (χ0) is 18.4. The van der Waals surface area contributed by atoms with Crippen LogP contribution in [0, 0.1) is 21.4 Å². The van der Waals surface area contributed by atoms with Crippen LogP contribution in [0.5, 0.6) is 5.75 Å². The number of benzene rings is 2. The molecule has 26 heavy (non-hydrogen) atoms. The molecule has 0 amide bonds. The van der Waals surface area contributed by atoms with E-state index in [4.69, 9.17) is 10.00 Å². The molecular weight excluding hydrogens is 332 g/mol. The Morgan fingerprint density at radius 2 is 2.08 bits per heavy atom. The van der Waals surface area contributed by atoms with Crippen LogP contribution in [-0.2, 0) is 0 Å². The minimum atomic E-state index is -0.499. The number of rotatable bonds is 7. The molecule has 7 heteroatoms. The normalized spacial score (nSPS) is 10.3. The van der Waals surface area contributed by atoms with E-state index in [1.54, 1.807) is 18.3 Å². The van der Waals surface area contributed by atoms with Crippen molar-refractivity contribution in [2.75, 3.05) is 18.5 Å². The lowest BCUT2D eigenvalue weighted by Crippen LogP contribution is -2.09. The third kappa shape index (κ3) is 3.87. The molecule has 0 radical (unpaired) electrons. The zero-order valence-corrected chi connectivity index (χ0v) is 13.9. The van der Waals surface area contributed by atoms with Crippen LogP contribution in [0.2, 0.25) is 0 Å². The van der Waals surface area contributed by atoms with Gasteiger partial charge in [0, 0.05) is 24.2 Å². The first-order valence-electron chi connectivity index (χ1n) is 8.08. The van der Waals surface area contributed by atoms with Crippen molar-refractivity contribution in [2.24, 2.45) is 0 Å². The second kappa shape index (κ2) is 7.94. The summed E-state index contributed by atoms with van der Waals surface area (Å²) in [5.41, 5.74) is 1.35. The van der Waals surface area contributed by atoms with E-state index in [9.17, 15) is 10.1 Å². The first-order chi connectivity index (χ1) is 12.7. The van der Waals surface area contributed by atoms with Crippen LogP contribution in [-0.4, -0.2) is 23.1 Å². The van der Waals surface area contributed by atoms with Crippen molar-refractivity contribution in [2.45, 2.75) is 6.42 Å². The number of pyridine rings is 1. The lowest BCUT2D eigenvalue weighted by Gasteiger charge is -2.10. The minimum Gasteiger partial charge on any atom is -0.491 e. The smallest absolute Gasteiger partial charge is 0.293 e. The number of para-hydroxylation sites is 1. The third-order valence-corrected chi connectivity index (χ3v) is 3.81. The highest BCUT2D eigenvalue weighted by Crippen LogP contribution is 2.25. The highest BCUT2D eigenvalue weighted by Gasteiger charge is 2.14. The summed E-state index contributed by atoms with van der Waals surface area (Å²) in [6, 6.07) is 15.9. The van der Waals surface area contributed by atoms with Gasteiger partial charge in [0.15, 0.2) is 0 Å². The van der Waals surface area contributed by atoms with Crippen molar-refractivity contribution < 1.29 is 9.66 Å². The van der Waals surface area contributed by atoms with Gasteiger partial charge in [0.25, 0.3) is 5.69 Å². The Kier molecular flexibility index (Phi) is 5.25. The second-order valence-corrected chi connectivity index (χ2v) is 5.56. The number of fused-ring (bicyclic) bond motifs is 1. The quantitative estimate of drug-likeness (QED) is 0.395. The van der Waals surface area contributed by atoms with Gasteiger partial charge in [-0.3, -0.25) is 15.1 Å². The summed E-state index contributed by atoms with van der Waals surface area (Å²) in [7, 11) is 0. The third-order valence-electron chi connectivity index (χ3n) is 3.81. The van der Waals surface area contributed by atoms with Gasteiger partial charge >= 0.3 is 0 Å². The summed E-state index contributed by atoms with van der Waals surface area (Å²) in [6.45, 7) is 0.956. The minimum absolute atomic E-state index is 0.108. The largest absolute Gasteiger partial charge is 0.491 e. The molecule has 0 aliphatic carbocycles. The number of nitrogens with one attached hydrogen (secondary N) is 1. The first-order valence-corrected chi connectivity index (χ1v) is 8.08. The fraction of sp³-hybridized carbons (Fsp3) is 0.158. The van der Waals surface area contributed by atoms with Crippen molar-refractivity contribution in [1.82, 2.24) is 4.98 Å². The van der Waals surface area contributed by atoms with E-state index in [2.05, 4.69) is 10.3 Å². The highest BCUT2D eigenvalue weighted by molar-refractivity contribution is 5.84. The number of anilines is 1. The molecule has 0 saturated carbocycles. The summed E-state index contributed by atoms with van der Waals surface area (Å²) >= 11 is 0. The Hall–Kier alpha value is -3.66. The van der Waals surface area contributed by atoms with Gasteiger partial charge < -0.3 is 10.1 Å². The number of nitriles is 1. The Balaban J connectivity index is 1.56. The molecule has 1 aromatic heterocycles. The van der Waals surface area contributed by atoms with E-state index < -0.39 is 4.92 Å². The monoisotopic (exact) mass is 348 g/mol. The summed E-state index contributed by atoms with van der Waals surface area (Å²) in [6.07, 6.45) is 2.38. The first kappa shape index (κ1) is 17.2. The molecule has 0 aliphatic rings. The number of hydrogen-bond donors (Lipinski definition) is 1. The number of nitrogens with zero attached hydrogens (tertiary/aromatic N) is 3. The predicted octanol–water partition coefficient (Wildman–Crippen LogP) is 3.90. The molecule has 0 spiro atoms. The van der Waals surface area contributed by atoms with Crippen molar-refractivity contribution in [3.63, 3.8) is 0 Å². The van der Waals surface area contributed by atoms with Crippen LogP contribution in [0.4, 0.5) is 11.4 Å². The van der Waals surface area contributed by atoms with E-state index >= 15 is 0 Å². The van der Waals surface area contributed by atoms with Gasteiger partial charge in [0.05, 0.1) is 23.2 Å². The van der Waals surface area contributed by atoms with E-state index in [1.807, 2.05) is 36.4 Å². The molecule has 0 atom stereocenters. The van der Waals surface area contributed by atoms with Crippen LogP contribution >= 0.6 is 0 Å². The summed E-state index contributed by atoms with van der Waals surface area (Å²) in [5, 5.41) is 24.0. The number of nitro benzene ring substituents is 1. The van der Waals surface area contributed by atoms with Gasteiger partial charge in [-0.25, -0.2) is 0 Å². The molecule has 0 aliphatic heterocycles. The van der Waals surface area contributed by atoms with E-state index in [0.717, 1.165) is 10.9 Å². The Morgan fingerprint density at radius 3 is 2.88 bits per heavy atom. The Morgan fingerprint density at radius 1 is 1.23 bits per heavy atom. The number of nitro groups is 1. The fourth-order valence-corrected chi connectivity index (χ4v) is 2.57. The maximum Gasteiger partial charge on any atom is 0.293 e. The van der Waals surface area contributed by atoms with Crippen LogP contribution < -0.4 is 10.1 Å². The topological polar surface area (TPSA) is 101 Å². The lowest BCUT2D eigenvalue weighted by molar-refractivity contribution is -0.384. The number of hydrogen-bond acceptors (Lipinski definition) is 6. The van der Waals surface area contributed by atoms with E-state index in [1.165, 1.54) is 6.07 Å². The molecule has 0 bridgehead atoms. The van der Waals surface area contributed by atoms with E-state index in [-0.39, 0.29) is 11.3 Å². The maximum absolute atomic E-state index is 11.1. The molecular formula is C19H16N4O3. The van der Waals surface area contributed by atoms with Crippen molar-refractivity contribution in [1.29, 1.82) is 5.26 Å². The SMILES string of the molecule is N#Cc1ccc(NCCCOc2cccc3cccnc23)c([N+](=O)[O-])c1. The van der Waals surface area contributed by atoms with Crippen LogP contribution in [0.25, 0.3) is 10.9 Å². The molecule has 7 nitrogen and oxygen atoms in total. The number of ether oxygens (including phenoxy) is 1. The molecule has 3 rings (SSSR count). The van der Waals surface area contributed by atoms with Crippen LogP contribution in [0.1, 0.15) is 12.0 Å².